The third-order valence-electron chi connectivity index (χ3n) is 7.22. The Kier molecular flexibility index (Phi) is 9.49. The van der Waals surface area contributed by atoms with E-state index in [2.05, 4.69) is 20.1 Å². The van der Waals surface area contributed by atoms with E-state index in [0.717, 1.165) is 25.4 Å². The molecule has 0 aliphatic heterocycles. The summed E-state index contributed by atoms with van der Waals surface area (Å²) in [6.45, 7) is 0.972. The van der Waals surface area contributed by atoms with Crippen molar-refractivity contribution in [2.24, 2.45) is 5.92 Å². The minimum Gasteiger partial charge on any atom is -0.434 e. The molecule has 3 rings (SSSR count). The molecular weight excluding hydrogens is 563 g/mol. The minimum absolute atomic E-state index is 0.0207. The van der Waals surface area contributed by atoms with E-state index in [1.54, 1.807) is 6.92 Å². The number of pyridine rings is 1. The molecule has 0 aromatic carbocycles. The van der Waals surface area contributed by atoms with Gasteiger partial charge in [0, 0.05) is 49.3 Å². The quantitative estimate of drug-likeness (QED) is 0.397. The van der Waals surface area contributed by atoms with E-state index in [0.29, 0.717) is 0 Å². The lowest BCUT2D eigenvalue weighted by molar-refractivity contribution is -0.169. The maximum Gasteiger partial charge on any atom is 0.391 e. The highest BCUT2D eigenvalue weighted by Gasteiger charge is 2.38. The van der Waals surface area contributed by atoms with Gasteiger partial charge in [0.05, 0.1) is 28.0 Å². The van der Waals surface area contributed by atoms with E-state index in [1.165, 1.54) is 11.6 Å². The zero-order valence-electron chi connectivity index (χ0n) is 22.6. The number of ether oxygens (including phenoxy) is 1. The predicted octanol–water partition coefficient (Wildman–Crippen LogP) is 4.06. The van der Waals surface area contributed by atoms with Gasteiger partial charge in [-0.05, 0) is 39.5 Å². The summed E-state index contributed by atoms with van der Waals surface area (Å²) >= 11 is 0. The highest BCUT2D eigenvalue weighted by atomic mass is 32.2. The van der Waals surface area contributed by atoms with Crippen LogP contribution in [0.3, 0.4) is 0 Å². The van der Waals surface area contributed by atoms with E-state index in [-0.39, 0.29) is 67.0 Å². The van der Waals surface area contributed by atoms with Gasteiger partial charge in [0.2, 0.25) is 0 Å². The Labute approximate surface area is 229 Å². The molecule has 2 heterocycles. The van der Waals surface area contributed by atoms with Crippen molar-refractivity contribution in [1.29, 1.82) is 0 Å². The normalized spacial score (nSPS) is 20.9. The fraction of sp³-hybridized carbons (Fsp3) is 0.640. The molecule has 40 heavy (non-hydrogen) atoms. The number of nitrogens with one attached hydrogen (secondary N) is 1. The summed E-state index contributed by atoms with van der Waals surface area (Å²) < 4.78 is 95.1. The van der Waals surface area contributed by atoms with Gasteiger partial charge in [0.25, 0.3) is 5.91 Å². The van der Waals surface area contributed by atoms with Crippen LogP contribution in [0.5, 0.6) is 5.75 Å². The molecule has 224 valence electrons. The zero-order valence-corrected chi connectivity index (χ0v) is 23.4. The van der Waals surface area contributed by atoms with Gasteiger partial charge in [-0.1, -0.05) is 6.92 Å². The second-order valence-electron chi connectivity index (χ2n) is 10.3. The molecule has 1 saturated carbocycles. The third-order valence-corrected chi connectivity index (χ3v) is 8.90. The Morgan fingerprint density at radius 3 is 2.45 bits per heavy atom. The summed E-state index contributed by atoms with van der Waals surface area (Å²) in [6.07, 6.45) is -1.89. The van der Waals surface area contributed by atoms with Crippen LogP contribution >= 0.6 is 0 Å². The van der Waals surface area contributed by atoms with Crippen molar-refractivity contribution in [3.8, 4) is 17.0 Å². The predicted molar refractivity (Wildman–Crippen MR) is 136 cm³/mol. The van der Waals surface area contributed by atoms with Crippen LogP contribution in [-0.4, -0.2) is 70.6 Å². The van der Waals surface area contributed by atoms with E-state index >= 15 is 0 Å². The molecule has 2 N–H and O–H groups in total. The first-order valence-electron chi connectivity index (χ1n) is 12.7. The Balaban J connectivity index is 1.86. The number of amides is 1. The van der Waals surface area contributed by atoms with Crippen LogP contribution in [0.15, 0.2) is 12.3 Å². The van der Waals surface area contributed by atoms with Crippen molar-refractivity contribution in [3.05, 3.63) is 29.2 Å². The van der Waals surface area contributed by atoms with Gasteiger partial charge in [-0.2, -0.15) is 27.1 Å². The molecule has 1 aliphatic rings. The zero-order chi connectivity index (χ0) is 30.0. The molecule has 1 amide bonds. The summed E-state index contributed by atoms with van der Waals surface area (Å²) in [5, 5.41) is 17.2. The monoisotopic (exact) mass is 596 g/mol. The molecule has 0 bridgehead atoms. The van der Waals surface area contributed by atoms with Crippen LogP contribution in [0.4, 0.5) is 22.0 Å². The van der Waals surface area contributed by atoms with E-state index < -0.39 is 57.5 Å². The van der Waals surface area contributed by atoms with Crippen LogP contribution < -0.4 is 10.1 Å². The average molecular weight is 597 g/mol. The maximum absolute atomic E-state index is 13.3. The molecule has 0 radical (unpaired) electrons. The minimum atomic E-state index is -4.50. The first-order valence-corrected chi connectivity index (χ1v) is 14.7. The number of nitrogens with zero attached hydrogens (tertiary/aromatic N) is 3. The molecule has 2 aromatic rings. The van der Waals surface area contributed by atoms with Crippen molar-refractivity contribution >= 4 is 15.7 Å². The van der Waals surface area contributed by atoms with Crippen LogP contribution in [0, 0.1) is 12.8 Å². The second-order valence-corrected chi connectivity index (χ2v) is 12.6. The summed E-state index contributed by atoms with van der Waals surface area (Å²) in [7, 11) is -3.24. The molecule has 9 nitrogen and oxygen atoms in total. The molecule has 15 heteroatoms. The molecular formula is C25H33F5N4O5S. The smallest absolute Gasteiger partial charge is 0.391 e. The number of aliphatic hydroxyl groups is 1. The topological polar surface area (TPSA) is 123 Å². The largest absolute Gasteiger partial charge is 0.434 e. The van der Waals surface area contributed by atoms with Crippen LogP contribution in [0.1, 0.15) is 61.3 Å². The standard InChI is InChI=1S/C25H33F5N4O5S/c1-5-34-21(18-12-31-16(10-14(2)25(28,29)30)11-19(18)39-23(26)27)15(3)20(33-34)22(35)32-13-24(36)8-6-17(7-9-24)40(4,37)38/h11-12,14,17,23,36H,5-10,13H2,1-4H3,(H,32,35). The maximum atomic E-state index is 13.3. The Morgan fingerprint density at radius 1 is 1.30 bits per heavy atom. The first kappa shape index (κ1) is 31.7. The number of sulfone groups is 1. The number of hydrogen-bond donors (Lipinski definition) is 2. The van der Waals surface area contributed by atoms with Crippen LogP contribution in [-0.2, 0) is 22.8 Å². The van der Waals surface area contributed by atoms with Gasteiger partial charge >= 0.3 is 12.8 Å². The SMILES string of the molecule is CCn1nc(C(=O)NCC2(O)CCC(S(C)(=O)=O)CC2)c(C)c1-c1cnc(CC(C)C(F)(F)F)cc1OC(F)F. The summed E-state index contributed by atoms with van der Waals surface area (Å²) in [5.41, 5.74) is -0.924. The first-order chi connectivity index (χ1) is 18.4. The number of aryl methyl sites for hydroxylation is 1. The highest BCUT2D eigenvalue weighted by Crippen LogP contribution is 2.36. The fourth-order valence-corrected chi connectivity index (χ4v) is 5.88. The molecule has 1 fully saturated rings. The van der Waals surface area contributed by atoms with E-state index in [1.807, 2.05) is 0 Å². The average Bonchev–Trinajstić information content (AvgIpc) is 3.17. The van der Waals surface area contributed by atoms with E-state index in [9.17, 15) is 40.3 Å². The lowest BCUT2D eigenvalue weighted by atomic mass is 9.84. The summed E-state index contributed by atoms with van der Waals surface area (Å²) in [6, 6.07) is 1.03. The lowest BCUT2D eigenvalue weighted by Gasteiger charge is -2.35. The Morgan fingerprint density at radius 2 is 1.93 bits per heavy atom. The number of hydrogen-bond acceptors (Lipinski definition) is 7. The van der Waals surface area contributed by atoms with Crippen molar-refractivity contribution in [2.45, 2.75) is 83.1 Å². The number of carbonyl (C=O) groups excluding carboxylic acids is 1. The molecule has 1 atom stereocenters. The van der Waals surface area contributed by atoms with Crippen LogP contribution in [0.25, 0.3) is 11.3 Å². The van der Waals surface area contributed by atoms with Gasteiger partial charge in [-0.15, -0.1) is 0 Å². The molecule has 0 spiro atoms. The lowest BCUT2D eigenvalue weighted by Crippen LogP contribution is -2.47. The number of halogens is 5. The van der Waals surface area contributed by atoms with Gasteiger partial charge in [-0.25, -0.2) is 8.42 Å². The number of alkyl halides is 5. The molecule has 1 unspecified atom stereocenters. The Bertz CT molecular complexity index is 1320. The number of aromatic nitrogens is 3. The number of rotatable bonds is 10. The summed E-state index contributed by atoms with van der Waals surface area (Å²) in [4.78, 5) is 17.1. The van der Waals surface area contributed by atoms with Crippen molar-refractivity contribution in [2.75, 3.05) is 12.8 Å². The highest BCUT2D eigenvalue weighted by molar-refractivity contribution is 7.91. The van der Waals surface area contributed by atoms with Gasteiger partial charge < -0.3 is 15.2 Å². The second kappa shape index (κ2) is 12.0. The summed E-state index contributed by atoms with van der Waals surface area (Å²) in [5.74, 6) is -2.82. The number of carbonyl (C=O) groups is 1. The van der Waals surface area contributed by atoms with Crippen molar-refractivity contribution in [1.82, 2.24) is 20.1 Å². The molecule has 1 aliphatic carbocycles. The third kappa shape index (κ3) is 7.47. The van der Waals surface area contributed by atoms with Gasteiger partial charge in [-0.3, -0.25) is 14.5 Å². The van der Waals surface area contributed by atoms with E-state index in [4.69, 9.17) is 0 Å². The van der Waals surface area contributed by atoms with Crippen molar-refractivity contribution in [3.63, 3.8) is 0 Å². The van der Waals surface area contributed by atoms with Gasteiger partial charge in [0.15, 0.2) is 5.69 Å². The van der Waals surface area contributed by atoms with Crippen LogP contribution in [0.2, 0.25) is 0 Å². The fourth-order valence-electron chi connectivity index (χ4n) is 4.79. The van der Waals surface area contributed by atoms with Crippen molar-refractivity contribution < 1.29 is 45.0 Å². The molecule has 2 aromatic heterocycles. The van der Waals surface area contributed by atoms with Gasteiger partial charge in [0.1, 0.15) is 15.6 Å². The Hall–Kier alpha value is -2.81. The molecule has 0 saturated heterocycles.